The minimum Gasteiger partial charge on any atom is -0.476 e. The number of aliphatic hydroxyl groups is 1. The molecule has 6 heteroatoms. The van der Waals surface area contributed by atoms with Crippen molar-refractivity contribution in [2.75, 3.05) is 18.1 Å². The van der Waals surface area contributed by atoms with Gasteiger partial charge >= 0.3 is 5.97 Å². The van der Waals surface area contributed by atoms with Gasteiger partial charge in [-0.05, 0) is 25.7 Å². The van der Waals surface area contributed by atoms with Gasteiger partial charge < -0.3 is 15.1 Å². The van der Waals surface area contributed by atoms with Gasteiger partial charge in [0.1, 0.15) is 5.82 Å². The lowest BCUT2D eigenvalue weighted by atomic mass is 9.91. The van der Waals surface area contributed by atoms with Crippen molar-refractivity contribution in [3.05, 3.63) is 18.1 Å². The lowest BCUT2D eigenvalue weighted by Gasteiger charge is -2.38. The summed E-state index contributed by atoms with van der Waals surface area (Å²) in [5, 5.41) is 17.8. The van der Waals surface area contributed by atoms with Crippen molar-refractivity contribution in [1.29, 1.82) is 0 Å². The Morgan fingerprint density at radius 2 is 2.22 bits per heavy atom. The van der Waals surface area contributed by atoms with E-state index in [9.17, 15) is 4.79 Å². The largest absolute Gasteiger partial charge is 0.476 e. The van der Waals surface area contributed by atoms with E-state index in [4.69, 9.17) is 10.2 Å². The summed E-state index contributed by atoms with van der Waals surface area (Å²) < 4.78 is 0. The highest BCUT2D eigenvalue weighted by molar-refractivity contribution is 5.85. The van der Waals surface area contributed by atoms with Crippen LogP contribution in [0.3, 0.4) is 0 Å². The predicted molar refractivity (Wildman–Crippen MR) is 65.7 cm³/mol. The molecule has 0 unspecified atom stereocenters. The highest BCUT2D eigenvalue weighted by Gasteiger charge is 2.26. The Balaban J connectivity index is 2.17. The zero-order valence-electron chi connectivity index (χ0n) is 10.1. The zero-order valence-corrected chi connectivity index (χ0v) is 10.1. The number of rotatable bonds is 6. The van der Waals surface area contributed by atoms with E-state index in [0.717, 1.165) is 12.8 Å². The molecule has 0 bridgehead atoms. The Morgan fingerprint density at radius 1 is 1.44 bits per heavy atom. The van der Waals surface area contributed by atoms with Crippen molar-refractivity contribution in [2.45, 2.75) is 31.7 Å². The third-order valence-electron chi connectivity index (χ3n) is 3.21. The first-order valence-corrected chi connectivity index (χ1v) is 6.15. The van der Waals surface area contributed by atoms with Crippen LogP contribution in [0.2, 0.25) is 0 Å². The van der Waals surface area contributed by atoms with Crippen LogP contribution in [0, 0.1) is 0 Å². The monoisotopic (exact) mass is 251 g/mol. The molecule has 0 saturated heterocycles. The maximum atomic E-state index is 10.9. The summed E-state index contributed by atoms with van der Waals surface area (Å²) in [6.45, 7) is 0.800. The van der Waals surface area contributed by atoms with E-state index in [0.29, 0.717) is 24.8 Å². The molecular formula is C12H17N3O3. The number of carboxylic acids is 1. The van der Waals surface area contributed by atoms with Crippen molar-refractivity contribution in [2.24, 2.45) is 0 Å². The van der Waals surface area contributed by atoms with Gasteiger partial charge in [-0.1, -0.05) is 0 Å². The van der Waals surface area contributed by atoms with Gasteiger partial charge in [0, 0.05) is 19.2 Å². The van der Waals surface area contributed by atoms with Crippen LogP contribution in [-0.4, -0.2) is 45.3 Å². The molecule has 0 aliphatic heterocycles. The van der Waals surface area contributed by atoms with Crippen molar-refractivity contribution in [3.8, 4) is 0 Å². The molecule has 1 aliphatic carbocycles. The van der Waals surface area contributed by atoms with Gasteiger partial charge in [-0.3, -0.25) is 4.98 Å². The number of aromatic carboxylic acids is 1. The average molecular weight is 251 g/mol. The minimum absolute atomic E-state index is 0.0409. The van der Waals surface area contributed by atoms with Crippen LogP contribution in [-0.2, 0) is 0 Å². The van der Waals surface area contributed by atoms with E-state index < -0.39 is 5.97 Å². The molecule has 0 spiro atoms. The Kier molecular flexibility index (Phi) is 4.09. The van der Waals surface area contributed by atoms with Gasteiger partial charge in [0.25, 0.3) is 0 Å². The molecule has 1 aliphatic rings. The standard InChI is InChI=1S/C12H17N3O3/c16-6-2-5-15(9-3-1-4-9)11-8-13-7-10(14-11)12(17)18/h7-9,16H,1-6H2,(H,17,18). The fraction of sp³-hybridized carbons (Fsp3) is 0.583. The Labute approximate surface area is 105 Å². The van der Waals surface area contributed by atoms with E-state index >= 15 is 0 Å². The molecule has 1 heterocycles. The molecule has 1 saturated carbocycles. The van der Waals surface area contributed by atoms with Crippen LogP contribution < -0.4 is 4.90 Å². The fourth-order valence-electron chi connectivity index (χ4n) is 2.02. The predicted octanol–water partition coefficient (Wildman–Crippen LogP) is 0.916. The molecule has 0 amide bonds. The molecule has 1 aromatic rings. The van der Waals surface area contributed by atoms with E-state index in [1.54, 1.807) is 6.20 Å². The molecule has 0 aromatic carbocycles. The molecule has 1 fully saturated rings. The number of carboxylic acid groups (broad SMARTS) is 1. The van der Waals surface area contributed by atoms with Gasteiger partial charge in [-0.15, -0.1) is 0 Å². The number of aliphatic hydroxyl groups excluding tert-OH is 1. The summed E-state index contributed by atoms with van der Waals surface area (Å²) in [6, 6.07) is 0.398. The van der Waals surface area contributed by atoms with Gasteiger partial charge in [-0.25, -0.2) is 9.78 Å². The molecule has 2 N–H and O–H groups in total. The lowest BCUT2D eigenvalue weighted by Crippen LogP contribution is -2.41. The Hall–Kier alpha value is -1.69. The number of aromatic nitrogens is 2. The molecular weight excluding hydrogens is 234 g/mol. The number of carbonyl (C=O) groups is 1. The van der Waals surface area contributed by atoms with E-state index in [1.807, 2.05) is 0 Å². The maximum absolute atomic E-state index is 10.9. The third kappa shape index (κ3) is 2.76. The summed E-state index contributed by atoms with van der Waals surface area (Å²) in [5.41, 5.74) is -0.0409. The quantitative estimate of drug-likeness (QED) is 0.781. The molecule has 98 valence electrons. The number of nitrogens with zero attached hydrogens (tertiary/aromatic N) is 3. The second-order valence-electron chi connectivity index (χ2n) is 4.42. The van der Waals surface area contributed by atoms with Crippen molar-refractivity contribution >= 4 is 11.8 Å². The summed E-state index contributed by atoms with van der Waals surface area (Å²) >= 11 is 0. The normalized spacial score (nSPS) is 15.2. The molecule has 2 rings (SSSR count). The summed E-state index contributed by atoms with van der Waals surface area (Å²) in [7, 11) is 0. The SMILES string of the molecule is O=C(O)c1cncc(N(CCCO)C2CCC2)n1. The van der Waals surface area contributed by atoms with Gasteiger partial charge in [0.2, 0.25) is 0 Å². The second-order valence-corrected chi connectivity index (χ2v) is 4.42. The smallest absolute Gasteiger partial charge is 0.356 e. The van der Waals surface area contributed by atoms with E-state index in [1.165, 1.54) is 12.6 Å². The molecule has 0 atom stereocenters. The van der Waals surface area contributed by atoms with Gasteiger partial charge in [0.05, 0.1) is 12.4 Å². The Morgan fingerprint density at radius 3 is 2.78 bits per heavy atom. The highest BCUT2D eigenvalue weighted by atomic mass is 16.4. The van der Waals surface area contributed by atoms with Gasteiger partial charge in [-0.2, -0.15) is 0 Å². The number of hydrogen-bond donors (Lipinski definition) is 2. The van der Waals surface area contributed by atoms with Crippen LogP contribution in [0.15, 0.2) is 12.4 Å². The minimum atomic E-state index is -1.07. The van der Waals surface area contributed by atoms with Gasteiger partial charge in [0.15, 0.2) is 5.69 Å². The zero-order chi connectivity index (χ0) is 13.0. The maximum Gasteiger partial charge on any atom is 0.356 e. The summed E-state index contributed by atoms with van der Waals surface area (Å²) in [6.07, 6.45) is 6.84. The first-order chi connectivity index (χ1) is 8.72. The first kappa shape index (κ1) is 12.8. The van der Waals surface area contributed by atoms with Crippen LogP contribution in [0.25, 0.3) is 0 Å². The van der Waals surface area contributed by atoms with Crippen molar-refractivity contribution in [3.63, 3.8) is 0 Å². The fourth-order valence-corrected chi connectivity index (χ4v) is 2.02. The topological polar surface area (TPSA) is 86.5 Å². The van der Waals surface area contributed by atoms with Crippen LogP contribution in [0.4, 0.5) is 5.82 Å². The van der Waals surface area contributed by atoms with Crippen molar-refractivity contribution in [1.82, 2.24) is 9.97 Å². The lowest BCUT2D eigenvalue weighted by molar-refractivity contribution is 0.0690. The first-order valence-electron chi connectivity index (χ1n) is 6.15. The van der Waals surface area contributed by atoms with Crippen LogP contribution in [0.5, 0.6) is 0 Å². The molecule has 18 heavy (non-hydrogen) atoms. The summed E-state index contributed by atoms with van der Waals surface area (Å²) in [5.74, 6) is -0.479. The molecule has 0 radical (unpaired) electrons. The molecule has 1 aromatic heterocycles. The van der Waals surface area contributed by atoms with Crippen molar-refractivity contribution < 1.29 is 15.0 Å². The number of hydrogen-bond acceptors (Lipinski definition) is 5. The molecule has 6 nitrogen and oxygen atoms in total. The van der Waals surface area contributed by atoms with Crippen LogP contribution >= 0.6 is 0 Å². The summed E-state index contributed by atoms with van der Waals surface area (Å²) in [4.78, 5) is 21.0. The highest BCUT2D eigenvalue weighted by Crippen LogP contribution is 2.28. The Bertz CT molecular complexity index is 421. The second kappa shape index (κ2) is 5.77. The van der Waals surface area contributed by atoms with Crippen LogP contribution in [0.1, 0.15) is 36.2 Å². The third-order valence-corrected chi connectivity index (χ3v) is 3.21. The van der Waals surface area contributed by atoms with E-state index in [2.05, 4.69) is 14.9 Å². The average Bonchev–Trinajstić information content (AvgIpc) is 2.32. The number of anilines is 1. The van der Waals surface area contributed by atoms with E-state index in [-0.39, 0.29) is 12.3 Å².